The molecular formula is C13H21NO2. The lowest BCUT2D eigenvalue weighted by Crippen LogP contribution is -2.27. The van der Waals surface area contributed by atoms with Crippen LogP contribution in [0.5, 0.6) is 0 Å². The smallest absolute Gasteiger partial charge is 0.120 e. The van der Waals surface area contributed by atoms with E-state index >= 15 is 0 Å². The molecule has 90 valence electrons. The number of hydrogen-bond donors (Lipinski definition) is 2. The molecule has 2 unspecified atom stereocenters. The second-order valence-electron chi connectivity index (χ2n) is 4.76. The number of aliphatic hydroxyl groups is 1. The molecule has 1 aromatic heterocycles. The largest absolute Gasteiger partial charge is 0.384 e. The molecule has 2 atom stereocenters. The Kier molecular flexibility index (Phi) is 3.36. The summed E-state index contributed by atoms with van der Waals surface area (Å²) in [6.45, 7) is 6.96. The Balaban J connectivity index is 2.19. The minimum Gasteiger partial charge on any atom is -0.384 e. The summed E-state index contributed by atoms with van der Waals surface area (Å²) in [5.74, 6) is 0. The Morgan fingerprint density at radius 1 is 1.25 bits per heavy atom. The van der Waals surface area contributed by atoms with Crippen LogP contribution in [0, 0.1) is 20.8 Å². The third-order valence-corrected chi connectivity index (χ3v) is 3.71. The predicted octanol–water partition coefficient (Wildman–Crippen LogP) is 2.54. The average Bonchev–Trinajstić information content (AvgIpc) is 2.57. The van der Waals surface area contributed by atoms with E-state index in [9.17, 15) is 5.11 Å². The SMILES string of the molecule is Cc1[nH]c(C(O)C2CCCCO2)c(C)c1C. The zero-order valence-corrected chi connectivity index (χ0v) is 10.3. The van der Waals surface area contributed by atoms with Crippen LogP contribution in [-0.4, -0.2) is 22.8 Å². The van der Waals surface area contributed by atoms with E-state index in [1.54, 1.807) is 0 Å². The van der Waals surface area contributed by atoms with E-state index in [0.717, 1.165) is 37.3 Å². The molecule has 1 fully saturated rings. The van der Waals surface area contributed by atoms with Crippen molar-refractivity contribution in [3.63, 3.8) is 0 Å². The highest BCUT2D eigenvalue weighted by atomic mass is 16.5. The number of aromatic amines is 1. The summed E-state index contributed by atoms with van der Waals surface area (Å²) in [5, 5.41) is 10.3. The highest BCUT2D eigenvalue weighted by Crippen LogP contribution is 2.29. The number of H-pyrrole nitrogens is 1. The summed E-state index contributed by atoms with van der Waals surface area (Å²) >= 11 is 0. The Labute approximate surface area is 96.8 Å². The maximum Gasteiger partial charge on any atom is 0.120 e. The monoisotopic (exact) mass is 223 g/mol. The molecule has 0 radical (unpaired) electrons. The summed E-state index contributed by atoms with van der Waals surface area (Å²) in [6, 6.07) is 0. The molecule has 1 aromatic rings. The van der Waals surface area contributed by atoms with Gasteiger partial charge < -0.3 is 14.8 Å². The molecule has 3 heteroatoms. The number of hydrogen-bond acceptors (Lipinski definition) is 2. The van der Waals surface area contributed by atoms with E-state index in [1.165, 1.54) is 11.1 Å². The molecule has 0 aromatic carbocycles. The molecule has 0 spiro atoms. The molecule has 16 heavy (non-hydrogen) atoms. The summed E-state index contributed by atoms with van der Waals surface area (Å²) in [6.07, 6.45) is 2.68. The first-order chi connectivity index (χ1) is 7.61. The van der Waals surface area contributed by atoms with Crippen molar-refractivity contribution in [1.82, 2.24) is 4.98 Å². The van der Waals surface area contributed by atoms with Crippen LogP contribution in [0.15, 0.2) is 0 Å². The highest BCUT2D eigenvalue weighted by molar-refractivity contribution is 5.35. The molecular weight excluding hydrogens is 202 g/mol. The van der Waals surface area contributed by atoms with Crippen LogP contribution < -0.4 is 0 Å². The van der Waals surface area contributed by atoms with E-state index in [1.807, 2.05) is 6.92 Å². The average molecular weight is 223 g/mol. The van der Waals surface area contributed by atoms with Gasteiger partial charge >= 0.3 is 0 Å². The molecule has 2 rings (SSSR count). The van der Waals surface area contributed by atoms with E-state index < -0.39 is 6.10 Å². The second kappa shape index (κ2) is 4.60. The fourth-order valence-electron chi connectivity index (χ4n) is 2.37. The maximum atomic E-state index is 10.3. The molecule has 0 aliphatic carbocycles. The molecule has 0 amide bonds. The number of rotatable bonds is 2. The van der Waals surface area contributed by atoms with Gasteiger partial charge in [-0.05, 0) is 51.2 Å². The lowest BCUT2D eigenvalue weighted by Gasteiger charge is -2.27. The van der Waals surface area contributed by atoms with Crippen molar-refractivity contribution in [3.05, 3.63) is 22.5 Å². The van der Waals surface area contributed by atoms with Crippen LogP contribution >= 0.6 is 0 Å². The van der Waals surface area contributed by atoms with Crippen LogP contribution in [0.2, 0.25) is 0 Å². The van der Waals surface area contributed by atoms with E-state index in [2.05, 4.69) is 18.8 Å². The van der Waals surface area contributed by atoms with Gasteiger partial charge in [-0.3, -0.25) is 0 Å². The molecule has 1 aliphatic heterocycles. The lowest BCUT2D eigenvalue weighted by molar-refractivity contribution is -0.0648. The number of aryl methyl sites for hydroxylation is 1. The van der Waals surface area contributed by atoms with Gasteiger partial charge in [0.05, 0.1) is 6.10 Å². The first-order valence-corrected chi connectivity index (χ1v) is 6.06. The van der Waals surface area contributed by atoms with Crippen molar-refractivity contribution in [2.24, 2.45) is 0 Å². The molecule has 0 bridgehead atoms. The van der Waals surface area contributed by atoms with E-state index in [-0.39, 0.29) is 6.10 Å². The Bertz CT molecular complexity index is 364. The van der Waals surface area contributed by atoms with Gasteiger partial charge in [0, 0.05) is 18.0 Å². The predicted molar refractivity (Wildman–Crippen MR) is 63.6 cm³/mol. The van der Waals surface area contributed by atoms with Crippen LogP contribution in [0.4, 0.5) is 0 Å². The Morgan fingerprint density at radius 3 is 2.50 bits per heavy atom. The van der Waals surface area contributed by atoms with E-state index in [0.29, 0.717) is 0 Å². The van der Waals surface area contributed by atoms with Crippen molar-refractivity contribution >= 4 is 0 Å². The first kappa shape index (κ1) is 11.7. The summed E-state index contributed by atoms with van der Waals surface area (Å²) in [7, 11) is 0. The van der Waals surface area contributed by atoms with Crippen molar-refractivity contribution in [2.45, 2.75) is 52.2 Å². The minimum atomic E-state index is -0.507. The number of nitrogens with one attached hydrogen (secondary N) is 1. The molecule has 2 N–H and O–H groups in total. The van der Waals surface area contributed by atoms with Gasteiger partial charge in [0.25, 0.3) is 0 Å². The van der Waals surface area contributed by atoms with Gasteiger partial charge in [0.1, 0.15) is 6.10 Å². The van der Waals surface area contributed by atoms with Gasteiger partial charge in [-0.15, -0.1) is 0 Å². The van der Waals surface area contributed by atoms with Crippen molar-refractivity contribution in [3.8, 4) is 0 Å². The summed E-state index contributed by atoms with van der Waals surface area (Å²) in [5.41, 5.74) is 4.48. The van der Waals surface area contributed by atoms with Crippen LogP contribution in [0.25, 0.3) is 0 Å². The normalized spacial score (nSPS) is 23.4. The lowest BCUT2D eigenvalue weighted by atomic mass is 9.99. The number of aliphatic hydroxyl groups excluding tert-OH is 1. The fraction of sp³-hybridized carbons (Fsp3) is 0.692. The summed E-state index contributed by atoms with van der Waals surface area (Å²) in [4.78, 5) is 3.28. The number of ether oxygens (including phenoxy) is 1. The quantitative estimate of drug-likeness (QED) is 0.809. The van der Waals surface area contributed by atoms with Crippen molar-refractivity contribution in [1.29, 1.82) is 0 Å². The molecule has 1 saturated heterocycles. The first-order valence-electron chi connectivity index (χ1n) is 6.06. The Morgan fingerprint density at radius 2 is 2.00 bits per heavy atom. The molecule has 0 saturated carbocycles. The van der Waals surface area contributed by atoms with Gasteiger partial charge in [-0.25, -0.2) is 0 Å². The summed E-state index contributed by atoms with van der Waals surface area (Å²) < 4.78 is 5.63. The van der Waals surface area contributed by atoms with Gasteiger partial charge in [0.15, 0.2) is 0 Å². The topological polar surface area (TPSA) is 45.2 Å². The molecule has 2 heterocycles. The zero-order valence-electron chi connectivity index (χ0n) is 10.3. The van der Waals surface area contributed by atoms with Gasteiger partial charge in [-0.1, -0.05) is 0 Å². The van der Waals surface area contributed by atoms with Crippen molar-refractivity contribution < 1.29 is 9.84 Å². The maximum absolute atomic E-state index is 10.3. The fourth-order valence-corrected chi connectivity index (χ4v) is 2.37. The Hall–Kier alpha value is -0.800. The third-order valence-electron chi connectivity index (χ3n) is 3.71. The van der Waals surface area contributed by atoms with Gasteiger partial charge in [0.2, 0.25) is 0 Å². The van der Waals surface area contributed by atoms with Crippen LogP contribution in [-0.2, 0) is 4.74 Å². The molecule has 3 nitrogen and oxygen atoms in total. The third kappa shape index (κ3) is 2.02. The zero-order chi connectivity index (χ0) is 11.7. The van der Waals surface area contributed by atoms with E-state index in [4.69, 9.17) is 4.74 Å². The van der Waals surface area contributed by atoms with Crippen LogP contribution in [0.3, 0.4) is 0 Å². The number of aromatic nitrogens is 1. The van der Waals surface area contributed by atoms with Crippen LogP contribution in [0.1, 0.15) is 47.9 Å². The molecule has 1 aliphatic rings. The highest BCUT2D eigenvalue weighted by Gasteiger charge is 2.27. The van der Waals surface area contributed by atoms with Crippen molar-refractivity contribution in [2.75, 3.05) is 6.61 Å². The second-order valence-corrected chi connectivity index (χ2v) is 4.76. The van der Waals surface area contributed by atoms with Gasteiger partial charge in [-0.2, -0.15) is 0 Å². The standard InChI is InChI=1S/C13H21NO2/c1-8-9(2)12(14-10(8)3)13(15)11-6-4-5-7-16-11/h11,13-15H,4-7H2,1-3H3. The minimum absolute atomic E-state index is 0.0371.